The maximum absolute atomic E-state index is 4.33. The predicted octanol–water partition coefficient (Wildman–Crippen LogP) is 4.27. The van der Waals surface area contributed by atoms with Crippen LogP contribution in [0.2, 0.25) is 0 Å². The number of benzene rings is 1. The van der Waals surface area contributed by atoms with Crippen LogP contribution < -0.4 is 5.32 Å². The molecule has 116 valence electrons. The maximum atomic E-state index is 4.33. The van der Waals surface area contributed by atoms with E-state index in [2.05, 4.69) is 37.4 Å². The lowest BCUT2D eigenvalue weighted by molar-refractivity contribution is 1.20. The van der Waals surface area contributed by atoms with Crippen LogP contribution in [0.3, 0.4) is 0 Å². The molecule has 0 saturated heterocycles. The molecule has 0 unspecified atom stereocenters. The monoisotopic (exact) mass is 313 g/mol. The SMILES string of the molecule is C(=C\c1ccccn1)/c1cccc(Nc2ncnc3[nH]ccc23)c1. The Labute approximate surface area is 139 Å². The summed E-state index contributed by atoms with van der Waals surface area (Å²) in [5, 5.41) is 4.32. The Morgan fingerprint density at radius 3 is 2.83 bits per heavy atom. The van der Waals surface area contributed by atoms with Crippen molar-refractivity contribution >= 4 is 34.7 Å². The second kappa shape index (κ2) is 6.34. The highest BCUT2D eigenvalue weighted by Crippen LogP contribution is 2.23. The van der Waals surface area contributed by atoms with Crippen molar-refractivity contribution in [3.8, 4) is 0 Å². The minimum absolute atomic E-state index is 0.784. The summed E-state index contributed by atoms with van der Waals surface area (Å²) in [5.74, 6) is 0.784. The van der Waals surface area contributed by atoms with E-state index in [0.29, 0.717) is 0 Å². The largest absolute Gasteiger partial charge is 0.346 e. The quantitative estimate of drug-likeness (QED) is 0.590. The summed E-state index contributed by atoms with van der Waals surface area (Å²) in [6.07, 6.45) is 9.23. The molecule has 0 radical (unpaired) electrons. The fourth-order valence-electron chi connectivity index (χ4n) is 2.48. The van der Waals surface area contributed by atoms with E-state index >= 15 is 0 Å². The number of nitrogens with one attached hydrogen (secondary N) is 2. The summed E-state index contributed by atoms with van der Waals surface area (Å²) in [7, 11) is 0. The zero-order chi connectivity index (χ0) is 16.2. The van der Waals surface area contributed by atoms with Crippen LogP contribution in [0.4, 0.5) is 11.5 Å². The summed E-state index contributed by atoms with van der Waals surface area (Å²) in [6.45, 7) is 0. The van der Waals surface area contributed by atoms with Gasteiger partial charge in [0.25, 0.3) is 0 Å². The lowest BCUT2D eigenvalue weighted by Crippen LogP contribution is -1.95. The summed E-state index contributed by atoms with van der Waals surface area (Å²) >= 11 is 0. The molecule has 0 atom stereocenters. The second-order valence-corrected chi connectivity index (χ2v) is 5.30. The van der Waals surface area contributed by atoms with E-state index in [1.807, 2.05) is 54.7 Å². The van der Waals surface area contributed by atoms with Crippen LogP contribution in [0.25, 0.3) is 23.2 Å². The fourth-order valence-corrected chi connectivity index (χ4v) is 2.48. The molecule has 0 aliphatic heterocycles. The summed E-state index contributed by atoms with van der Waals surface area (Å²) in [6, 6.07) is 16.0. The molecule has 0 bridgehead atoms. The standard InChI is InChI=1S/C19H15N5/c1-2-10-20-15(5-1)8-7-14-4-3-6-16(12-14)24-19-17-9-11-21-18(17)22-13-23-19/h1-13H,(H2,21,22,23,24)/b8-7+. The van der Waals surface area contributed by atoms with Crippen molar-refractivity contribution in [2.24, 2.45) is 0 Å². The zero-order valence-electron chi connectivity index (χ0n) is 12.8. The smallest absolute Gasteiger partial charge is 0.143 e. The molecule has 0 amide bonds. The van der Waals surface area contributed by atoms with Crippen LogP contribution in [0.1, 0.15) is 11.3 Å². The Balaban J connectivity index is 1.59. The van der Waals surface area contributed by atoms with Gasteiger partial charge in [0.15, 0.2) is 0 Å². The number of pyridine rings is 1. The van der Waals surface area contributed by atoms with Crippen LogP contribution in [-0.4, -0.2) is 19.9 Å². The lowest BCUT2D eigenvalue weighted by atomic mass is 10.1. The van der Waals surface area contributed by atoms with Gasteiger partial charge in [-0.3, -0.25) is 4.98 Å². The van der Waals surface area contributed by atoms with Crippen LogP contribution in [0, 0.1) is 0 Å². The van der Waals surface area contributed by atoms with E-state index in [1.54, 1.807) is 12.5 Å². The van der Waals surface area contributed by atoms with Crippen molar-refractivity contribution < 1.29 is 0 Å². The van der Waals surface area contributed by atoms with Crippen LogP contribution >= 0.6 is 0 Å². The molecule has 0 spiro atoms. The van der Waals surface area contributed by atoms with Crippen molar-refractivity contribution in [3.05, 3.63) is 78.5 Å². The molecule has 1 aromatic carbocycles. The third kappa shape index (κ3) is 3.01. The molecule has 3 aromatic heterocycles. The summed E-state index contributed by atoms with van der Waals surface area (Å²) < 4.78 is 0. The van der Waals surface area contributed by atoms with E-state index in [-0.39, 0.29) is 0 Å². The molecule has 5 nitrogen and oxygen atoms in total. The molecule has 0 aliphatic carbocycles. The highest BCUT2D eigenvalue weighted by atomic mass is 15.0. The number of hydrogen-bond acceptors (Lipinski definition) is 4. The normalized spacial score (nSPS) is 11.2. The second-order valence-electron chi connectivity index (χ2n) is 5.30. The van der Waals surface area contributed by atoms with Crippen molar-refractivity contribution in [2.75, 3.05) is 5.32 Å². The van der Waals surface area contributed by atoms with Gasteiger partial charge in [0.2, 0.25) is 0 Å². The van der Waals surface area contributed by atoms with Gasteiger partial charge < -0.3 is 10.3 Å². The highest BCUT2D eigenvalue weighted by Gasteiger charge is 2.04. The van der Waals surface area contributed by atoms with E-state index in [9.17, 15) is 0 Å². The molecule has 4 rings (SSSR count). The van der Waals surface area contributed by atoms with Gasteiger partial charge in [0.05, 0.1) is 11.1 Å². The minimum atomic E-state index is 0.784. The van der Waals surface area contributed by atoms with Crippen molar-refractivity contribution in [3.63, 3.8) is 0 Å². The molecule has 0 fully saturated rings. The van der Waals surface area contributed by atoms with E-state index in [4.69, 9.17) is 0 Å². The number of nitrogens with zero attached hydrogens (tertiary/aromatic N) is 3. The molecule has 2 N–H and O–H groups in total. The van der Waals surface area contributed by atoms with E-state index in [0.717, 1.165) is 33.8 Å². The lowest BCUT2D eigenvalue weighted by Gasteiger charge is -2.07. The van der Waals surface area contributed by atoms with Gasteiger partial charge in [0, 0.05) is 18.1 Å². The van der Waals surface area contributed by atoms with Crippen molar-refractivity contribution in [2.45, 2.75) is 0 Å². The van der Waals surface area contributed by atoms with Gasteiger partial charge in [0.1, 0.15) is 17.8 Å². The van der Waals surface area contributed by atoms with Crippen molar-refractivity contribution in [1.29, 1.82) is 0 Å². The summed E-state index contributed by atoms with van der Waals surface area (Å²) in [5.41, 5.74) is 3.81. The minimum Gasteiger partial charge on any atom is -0.346 e. The van der Waals surface area contributed by atoms with Gasteiger partial charge in [-0.15, -0.1) is 0 Å². The first-order valence-electron chi connectivity index (χ1n) is 7.63. The third-order valence-corrected chi connectivity index (χ3v) is 3.64. The maximum Gasteiger partial charge on any atom is 0.143 e. The molecule has 4 aromatic rings. The van der Waals surface area contributed by atoms with Crippen molar-refractivity contribution in [1.82, 2.24) is 19.9 Å². The topological polar surface area (TPSA) is 66.5 Å². The number of fused-ring (bicyclic) bond motifs is 1. The van der Waals surface area contributed by atoms with Gasteiger partial charge in [-0.25, -0.2) is 9.97 Å². The Morgan fingerprint density at radius 2 is 1.92 bits per heavy atom. The average molecular weight is 313 g/mol. The zero-order valence-corrected chi connectivity index (χ0v) is 12.8. The van der Waals surface area contributed by atoms with Crippen LogP contribution in [-0.2, 0) is 0 Å². The number of hydrogen-bond donors (Lipinski definition) is 2. The van der Waals surface area contributed by atoms with Gasteiger partial charge in [-0.05, 0) is 42.0 Å². The number of H-pyrrole nitrogens is 1. The Morgan fingerprint density at radius 1 is 0.917 bits per heavy atom. The molecular weight excluding hydrogens is 298 g/mol. The first-order valence-corrected chi connectivity index (χ1v) is 7.63. The Hall–Kier alpha value is -3.47. The van der Waals surface area contributed by atoms with E-state index < -0.39 is 0 Å². The van der Waals surface area contributed by atoms with Gasteiger partial charge in [-0.2, -0.15) is 0 Å². The first-order chi connectivity index (χ1) is 11.9. The van der Waals surface area contributed by atoms with Gasteiger partial charge in [-0.1, -0.05) is 24.3 Å². The van der Waals surface area contributed by atoms with Crippen LogP contribution in [0.15, 0.2) is 67.3 Å². The molecule has 3 heterocycles. The molecule has 24 heavy (non-hydrogen) atoms. The Bertz CT molecular complexity index is 989. The highest BCUT2D eigenvalue weighted by molar-refractivity contribution is 5.88. The number of rotatable bonds is 4. The number of aromatic nitrogens is 4. The molecule has 0 saturated carbocycles. The third-order valence-electron chi connectivity index (χ3n) is 3.64. The fraction of sp³-hybridized carbons (Fsp3) is 0. The summed E-state index contributed by atoms with van der Waals surface area (Å²) in [4.78, 5) is 15.9. The predicted molar refractivity (Wildman–Crippen MR) is 96.8 cm³/mol. The molecule has 0 aliphatic rings. The average Bonchev–Trinajstić information content (AvgIpc) is 3.11. The van der Waals surface area contributed by atoms with Crippen LogP contribution in [0.5, 0.6) is 0 Å². The molecular formula is C19H15N5. The number of anilines is 2. The van der Waals surface area contributed by atoms with Gasteiger partial charge >= 0.3 is 0 Å². The van der Waals surface area contributed by atoms with E-state index in [1.165, 1.54) is 0 Å². The Kier molecular flexibility index (Phi) is 3.73. The number of aromatic amines is 1. The first kappa shape index (κ1) is 14.1. The molecule has 5 heteroatoms.